The van der Waals surface area contributed by atoms with Gasteiger partial charge in [0.1, 0.15) is 0 Å². The van der Waals surface area contributed by atoms with Crippen molar-refractivity contribution in [3.05, 3.63) is 0 Å². The SMILES string of the molecule is CCCN1CCC(NCC2(C)CC2)CC1. The molecule has 0 amide bonds. The minimum atomic E-state index is 0.667. The summed E-state index contributed by atoms with van der Waals surface area (Å²) >= 11 is 0. The number of nitrogens with zero attached hydrogens (tertiary/aromatic N) is 1. The Morgan fingerprint density at radius 1 is 1.27 bits per heavy atom. The van der Waals surface area contributed by atoms with E-state index in [-0.39, 0.29) is 0 Å². The van der Waals surface area contributed by atoms with Crippen molar-refractivity contribution in [3.63, 3.8) is 0 Å². The lowest BCUT2D eigenvalue weighted by Gasteiger charge is -2.32. The highest BCUT2D eigenvalue weighted by Crippen LogP contribution is 2.44. The van der Waals surface area contributed by atoms with E-state index < -0.39 is 0 Å². The van der Waals surface area contributed by atoms with Crippen molar-refractivity contribution in [2.45, 2.75) is 52.0 Å². The molecule has 0 aromatic heterocycles. The molecule has 2 aliphatic rings. The molecule has 1 aliphatic carbocycles. The molecular weight excluding hydrogens is 184 g/mol. The predicted molar refractivity (Wildman–Crippen MR) is 65.1 cm³/mol. The van der Waals surface area contributed by atoms with Crippen LogP contribution >= 0.6 is 0 Å². The molecule has 0 atom stereocenters. The van der Waals surface area contributed by atoms with Crippen LogP contribution in [0.15, 0.2) is 0 Å². The summed E-state index contributed by atoms with van der Waals surface area (Å²) in [4.78, 5) is 2.61. The van der Waals surface area contributed by atoms with Gasteiger partial charge in [0.15, 0.2) is 0 Å². The van der Waals surface area contributed by atoms with Crippen molar-refractivity contribution < 1.29 is 0 Å². The van der Waals surface area contributed by atoms with Gasteiger partial charge in [-0.1, -0.05) is 13.8 Å². The van der Waals surface area contributed by atoms with Crippen LogP contribution in [-0.4, -0.2) is 37.1 Å². The Morgan fingerprint density at radius 3 is 2.47 bits per heavy atom. The zero-order chi connectivity index (χ0) is 10.7. The lowest BCUT2D eigenvalue weighted by Crippen LogP contribution is -2.44. The average molecular weight is 210 g/mol. The van der Waals surface area contributed by atoms with E-state index in [0.29, 0.717) is 5.41 Å². The van der Waals surface area contributed by atoms with Gasteiger partial charge in [0.25, 0.3) is 0 Å². The van der Waals surface area contributed by atoms with Crippen LogP contribution < -0.4 is 5.32 Å². The van der Waals surface area contributed by atoms with E-state index in [2.05, 4.69) is 24.1 Å². The Balaban J connectivity index is 1.60. The lowest BCUT2D eigenvalue weighted by molar-refractivity contribution is 0.194. The highest BCUT2D eigenvalue weighted by molar-refractivity contribution is 4.91. The van der Waals surface area contributed by atoms with Gasteiger partial charge in [0, 0.05) is 12.6 Å². The van der Waals surface area contributed by atoms with Crippen LogP contribution in [0.1, 0.15) is 46.0 Å². The Labute approximate surface area is 94.4 Å². The fourth-order valence-corrected chi connectivity index (χ4v) is 2.46. The molecule has 2 fully saturated rings. The minimum absolute atomic E-state index is 0.667. The second kappa shape index (κ2) is 4.84. The third kappa shape index (κ3) is 3.46. The van der Waals surface area contributed by atoms with Crippen LogP contribution in [0.25, 0.3) is 0 Å². The molecule has 0 bridgehead atoms. The van der Waals surface area contributed by atoms with Gasteiger partial charge < -0.3 is 10.2 Å². The Morgan fingerprint density at radius 2 is 1.93 bits per heavy atom. The smallest absolute Gasteiger partial charge is 0.00916 e. The van der Waals surface area contributed by atoms with E-state index in [0.717, 1.165) is 6.04 Å². The Bertz CT molecular complexity index is 191. The first-order valence-electron chi connectivity index (χ1n) is 6.68. The fourth-order valence-electron chi connectivity index (χ4n) is 2.46. The van der Waals surface area contributed by atoms with Gasteiger partial charge in [-0.05, 0) is 57.2 Å². The molecule has 0 aromatic rings. The normalized spacial score (nSPS) is 26.8. The highest BCUT2D eigenvalue weighted by Gasteiger charge is 2.37. The highest BCUT2D eigenvalue weighted by atomic mass is 15.1. The van der Waals surface area contributed by atoms with Crippen LogP contribution in [-0.2, 0) is 0 Å². The largest absolute Gasteiger partial charge is 0.313 e. The summed E-state index contributed by atoms with van der Waals surface area (Å²) in [6.07, 6.45) is 6.89. The van der Waals surface area contributed by atoms with Gasteiger partial charge in [-0.25, -0.2) is 0 Å². The number of hydrogen-bond donors (Lipinski definition) is 1. The van der Waals surface area contributed by atoms with Crippen LogP contribution in [0.5, 0.6) is 0 Å². The van der Waals surface area contributed by atoms with Crippen LogP contribution in [0.2, 0.25) is 0 Å². The summed E-state index contributed by atoms with van der Waals surface area (Å²) in [6.45, 7) is 9.85. The van der Waals surface area contributed by atoms with Crippen molar-refractivity contribution in [3.8, 4) is 0 Å². The molecule has 0 unspecified atom stereocenters. The molecule has 2 rings (SSSR count). The molecule has 0 radical (unpaired) electrons. The van der Waals surface area contributed by atoms with E-state index in [9.17, 15) is 0 Å². The third-order valence-corrected chi connectivity index (χ3v) is 4.05. The molecule has 0 spiro atoms. The van der Waals surface area contributed by atoms with E-state index >= 15 is 0 Å². The summed E-state index contributed by atoms with van der Waals surface area (Å²) in [7, 11) is 0. The van der Waals surface area contributed by atoms with Crippen LogP contribution in [0.3, 0.4) is 0 Å². The van der Waals surface area contributed by atoms with Crippen molar-refractivity contribution >= 4 is 0 Å². The Kier molecular flexibility index (Phi) is 3.68. The van der Waals surface area contributed by atoms with E-state index in [1.165, 1.54) is 58.3 Å². The molecule has 1 N–H and O–H groups in total. The first kappa shape index (κ1) is 11.4. The van der Waals surface area contributed by atoms with Crippen LogP contribution in [0, 0.1) is 5.41 Å². The van der Waals surface area contributed by atoms with Crippen molar-refractivity contribution in [1.82, 2.24) is 10.2 Å². The zero-order valence-electron chi connectivity index (χ0n) is 10.4. The van der Waals surface area contributed by atoms with Gasteiger partial charge in [-0.2, -0.15) is 0 Å². The standard InChI is InChI=1S/C13H26N2/c1-3-8-15-9-4-12(5-10-15)14-11-13(2)6-7-13/h12,14H,3-11H2,1-2H3. The molecule has 88 valence electrons. The average Bonchev–Trinajstić information content (AvgIpc) is 2.97. The monoisotopic (exact) mass is 210 g/mol. The second-order valence-corrected chi connectivity index (χ2v) is 5.81. The molecule has 2 nitrogen and oxygen atoms in total. The molecule has 0 aromatic carbocycles. The summed E-state index contributed by atoms with van der Waals surface area (Å²) in [5, 5.41) is 3.76. The molecular formula is C13H26N2. The Hall–Kier alpha value is -0.0800. The molecule has 1 heterocycles. The van der Waals surface area contributed by atoms with E-state index in [4.69, 9.17) is 0 Å². The summed E-state index contributed by atoms with van der Waals surface area (Å²) in [5.41, 5.74) is 0.667. The maximum absolute atomic E-state index is 3.76. The van der Waals surface area contributed by atoms with Crippen molar-refractivity contribution in [2.75, 3.05) is 26.2 Å². The zero-order valence-corrected chi connectivity index (χ0v) is 10.4. The predicted octanol–water partition coefficient (Wildman–Crippen LogP) is 2.25. The van der Waals surface area contributed by atoms with E-state index in [1.54, 1.807) is 0 Å². The summed E-state index contributed by atoms with van der Waals surface area (Å²) in [5.74, 6) is 0. The summed E-state index contributed by atoms with van der Waals surface area (Å²) in [6, 6.07) is 0.801. The van der Waals surface area contributed by atoms with Gasteiger partial charge in [-0.15, -0.1) is 0 Å². The molecule has 15 heavy (non-hydrogen) atoms. The van der Waals surface area contributed by atoms with Gasteiger partial charge in [0.2, 0.25) is 0 Å². The maximum Gasteiger partial charge on any atom is 0.00916 e. The first-order chi connectivity index (χ1) is 7.22. The lowest BCUT2D eigenvalue weighted by atomic mass is 10.0. The number of nitrogens with one attached hydrogen (secondary N) is 1. The van der Waals surface area contributed by atoms with Crippen molar-refractivity contribution in [1.29, 1.82) is 0 Å². The molecule has 1 saturated heterocycles. The summed E-state index contributed by atoms with van der Waals surface area (Å²) < 4.78 is 0. The number of hydrogen-bond acceptors (Lipinski definition) is 2. The van der Waals surface area contributed by atoms with Crippen LogP contribution in [0.4, 0.5) is 0 Å². The molecule has 1 aliphatic heterocycles. The van der Waals surface area contributed by atoms with E-state index in [1.807, 2.05) is 0 Å². The first-order valence-corrected chi connectivity index (χ1v) is 6.68. The van der Waals surface area contributed by atoms with Gasteiger partial charge >= 0.3 is 0 Å². The maximum atomic E-state index is 3.76. The number of piperidine rings is 1. The molecule has 2 heteroatoms. The fraction of sp³-hybridized carbons (Fsp3) is 1.00. The third-order valence-electron chi connectivity index (χ3n) is 4.05. The number of likely N-dealkylation sites (tertiary alicyclic amines) is 1. The van der Waals surface area contributed by atoms with Gasteiger partial charge in [-0.3, -0.25) is 0 Å². The topological polar surface area (TPSA) is 15.3 Å². The van der Waals surface area contributed by atoms with Gasteiger partial charge in [0.05, 0.1) is 0 Å². The quantitative estimate of drug-likeness (QED) is 0.749. The second-order valence-electron chi connectivity index (χ2n) is 5.81. The molecule has 1 saturated carbocycles. The van der Waals surface area contributed by atoms with Crippen molar-refractivity contribution in [2.24, 2.45) is 5.41 Å². The number of rotatable bonds is 5. The minimum Gasteiger partial charge on any atom is -0.313 e.